The summed E-state index contributed by atoms with van der Waals surface area (Å²) >= 11 is 0. The second-order valence-corrected chi connectivity index (χ2v) is 7.03. The molecule has 1 aliphatic heterocycles. The number of aliphatic hydroxyl groups excluding tert-OH is 1. The summed E-state index contributed by atoms with van der Waals surface area (Å²) in [6.45, 7) is 3.59. The summed E-state index contributed by atoms with van der Waals surface area (Å²) in [5.41, 5.74) is 4.89. The van der Waals surface area contributed by atoms with Gasteiger partial charge < -0.3 is 15.6 Å². The van der Waals surface area contributed by atoms with Crippen molar-refractivity contribution < 1.29 is 18.3 Å². The number of anilines is 1. The molecule has 0 amide bonds. The quantitative estimate of drug-likeness (QED) is 0.667. The predicted molar refractivity (Wildman–Crippen MR) is 67.8 cm³/mol. The van der Waals surface area contributed by atoms with E-state index < -0.39 is 21.7 Å². The number of hydrogen-bond donors (Lipinski definition) is 3. The zero-order chi connectivity index (χ0) is 14.3. The Hall–Kier alpha value is -1.16. The number of rotatable bonds is 3. The number of ether oxygens (including phenoxy) is 1. The SMILES string of the molecule is CC1(C)CN(S(=O)(=O)c2cn[nH]c2N)CC(CO)O1. The molecule has 9 heteroatoms. The Morgan fingerprint density at radius 2 is 2.37 bits per heavy atom. The number of hydrogen-bond acceptors (Lipinski definition) is 6. The van der Waals surface area contributed by atoms with Crippen LogP contribution in [-0.4, -0.2) is 59.4 Å². The highest BCUT2D eigenvalue weighted by molar-refractivity contribution is 7.89. The number of aromatic amines is 1. The van der Waals surface area contributed by atoms with Crippen molar-refractivity contribution in [3.63, 3.8) is 0 Å². The van der Waals surface area contributed by atoms with Gasteiger partial charge in [-0.25, -0.2) is 8.42 Å². The third-order valence-electron chi connectivity index (χ3n) is 2.90. The maximum Gasteiger partial charge on any atom is 0.248 e. The van der Waals surface area contributed by atoms with Crippen LogP contribution in [0, 0.1) is 0 Å². The van der Waals surface area contributed by atoms with Gasteiger partial charge in [0.25, 0.3) is 0 Å². The van der Waals surface area contributed by atoms with Gasteiger partial charge in [0.1, 0.15) is 10.7 Å². The fraction of sp³-hybridized carbons (Fsp3) is 0.700. The average molecular weight is 290 g/mol. The Balaban J connectivity index is 2.33. The van der Waals surface area contributed by atoms with Crippen molar-refractivity contribution in [2.45, 2.75) is 30.4 Å². The molecule has 1 saturated heterocycles. The minimum absolute atomic E-state index is 0.00449. The van der Waals surface area contributed by atoms with Crippen molar-refractivity contribution in [1.82, 2.24) is 14.5 Å². The monoisotopic (exact) mass is 290 g/mol. The third-order valence-corrected chi connectivity index (χ3v) is 4.74. The topological polar surface area (TPSA) is 122 Å². The lowest BCUT2D eigenvalue weighted by Gasteiger charge is -2.41. The highest BCUT2D eigenvalue weighted by atomic mass is 32.2. The number of nitrogens with zero attached hydrogens (tertiary/aromatic N) is 2. The lowest BCUT2D eigenvalue weighted by atomic mass is 10.1. The fourth-order valence-electron chi connectivity index (χ4n) is 2.15. The molecule has 0 saturated carbocycles. The number of sulfonamides is 1. The smallest absolute Gasteiger partial charge is 0.248 e. The van der Waals surface area contributed by atoms with Gasteiger partial charge in [0, 0.05) is 13.1 Å². The van der Waals surface area contributed by atoms with Gasteiger partial charge in [0.05, 0.1) is 24.5 Å². The molecule has 19 heavy (non-hydrogen) atoms. The lowest BCUT2D eigenvalue weighted by Crippen LogP contribution is -2.55. The molecule has 1 atom stereocenters. The molecule has 1 aromatic heterocycles. The molecule has 0 bridgehead atoms. The van der Waals surface area contributed by atoms with Crippen LogP contribution in [0.15, 0.2) is 11.1 Å². The number of H-pyrrole nitrogens is 1. The van der Waals surface area contributed by atoms with Crippen molar-refractivity contribution in [2.75, 3.05) is 25.4 Å². The number of aliphatic hydroxyl groups is 1. The predicted octanol–water partition coefficient (Wildman–Crippen LogP) is -0.848. The van der Waals surface area contributed by atoms with Gasteiger partial charge in [0.15, 0.2) is 0 Å². The maximum atomic E-state index is 12.5. The Morgan fingerprint density at radius 3 is 2.89 bits per heavy atom. The van der Waals surface area contributed by atoms with Crippen LogP contribution in [0.25, 0.3) is 0 Å². The van der Waals surface area contributed by atoms with Crippen LogP contribution in [0.2, 0.25) is 0 Å². The van der Waals surface area contributed by atoms with Crippen molar-refractivity contribution in [1.29, 1.82) is 0 Å². The second kappa shape index (κ2) is 4.75. The molecule has 1 unspecified atom stereocenters. The minimum atomic E-state index is -3.74. The van der Waals surface area contributed by atoms with E-state index in [1.54, 1.807) is 13.8 Å². The minimum Gasteiger partial charge on any atom is -0.394 e. The van der Waals surface area contributed by atoms with Gasteiger partial charge in [-0.05, 0) is 13.8 Å². The van der Waals surface area contributed by atoms with Crippen molar-refractivity contribution in [2.24, 2.45) is 0 Å². The largest absolute Gasteiger partial charge is 0.394 e. The van der Waals surface area contributed by atoms with E-state index in [1.807, 2.05) is 0 Å². The molecule has 0 aliphatic carbocycles. The molecule has 8 nitrogen and oxygen atoms in total. The van der Waals surface area contributed by atoms with Crippen LogP contribution >= 0.6 is 0 Å². The van der Waals surface area contributed by atoms with Crippen LogP contribution in [0.4, 0.5) is 5.82 Å². The molecule has 0 radical (unpaired) electrons. The first-order chi connectivity index (χ1) is 8.76. The number of morpholine rings is 1. The number of nitrogens with one attached hydrogen (secondary N) is 1. The molecule has 2 heterocycles. The molecule has 2 rings (SSSR count). The molecule has 1 fully saturated rings. The second-order valence-electron chi connectivity index (χ2n) is 5.13. The van der Waals surface area contributed by atoms with Crippen molar-refractivity contribution >= 4 is 15.8 Å². The summed E-state index contributed by atoms with van der Waals surface area (Å²) in [5.74, 6) is 0.00449. The normalized spacial score (nSPS) is 24.5. The first-order valence-electron chi connectivity index (χ1n) is 5.84. The van der Waals surface area contributed by atoms with Gasteiger partial charge >= 0.3 is 0 Å². The first-order valence-corrected chi connectivity index (χ1v) is 7.28. The summed E-state index contributed by atoms with van der Waals surface area (Å²) < 4.78 is 31.8. The Bertz CT molecular complexity index is 554. The Labute approximate surface area is 111 Å². The van der Waals surface area contributed by atoms with E-state index in [-0.39, 0.29) is 30.4 Å². The Morgan fingerprint density at radius 1 is 1.68 bits per heavy atom. The third kappa shape index (κ3) is 2.73. The van der Waals surface area contributed by atoms with Crippen LogP contribution in [0.3, 0.4) is 0 Å². The van der Waals surface area contributed by atoms with E-state index in [0.29, 0.717) is 0 Å². The van der Waals surface area contributed by atoms with Crippen molar-refractivity contribution in [3.05, 3.63) is 6.20 Å². The Kier molecular flexibility index (Phi) is 3.56. The molecule has 1 aromatic rings. The summed E-state index contributed by atoms with van der Waals surface area (Å²) in [7, 11) is -3.74. The van der Waals surface area contributed by atoms with Gasteiger partial charge in [-0.2, -0.15) is 9.40 Å². The van der Waals surface area contributed by atoms with E-state index in [2.05, 4.69) is 10.2 Å². The van der Waals surface area contributed by atoms with E-state index in [9.17, 15) is 13.5 Å². The van der Waals surface area contributed by atoms with E-state index in [4.69, 9.17) is 10.5 Å². The highest BCUT2D eigenvalue weighted by Gasteiger charge is 2.40. The standard InChI is InChI=1S/C10H18N4O4S/c1-10(2)6-14(4-7(5-15)18-10)19(16,17)8-3-12-13-9(8)11/h3,7,15H,4-6H2,1-2H3,(H3,11,12,13). The zero-order valence-corrected chi connectivity index (χ0v) is 11.6. The van der Waals surface area contributed by atoms with Gasteiger partial charge in [-0.3, -0.25) is 5.10 Å². The highest BCUT2D eigenvalue weighted by Crippen LogP contribution is 2.27. The lowest BCUT2D eigenvalue weighted by molar-refractivity contribution is -0.131. The van der Waals surface area contributed by atoms with Gasteiger partial charge in [-0.1, -0.05) is 0 Å². The molecule has 1 aliphatic rings. The van der Waals surface area contributed by atoms with E-state index >= 15 is 0 Å². The van der Waals surface area contributed by atoms with Crippen LogP contribution < -0.4 is 5.73 Å². The number of nitrogens with two attached hydrogens (primary N) is 1. The van der Waals surface area contributed by atoms with E-state index in [1.165, 1.54) is 10.5 Å². The molecular formula is C10H18N4O4S. The van der Waals surface area contributed by atoms with Crippen LogP contribution in [0.5, 0.6) is 0 Å². The van der Waals surface area contributed by atoms with E-state index in [0.717, 1.165) is 0 Å². The van der Waals surface area contributed by atoms with Crippen LogP contribution in [0.1, 0.15) is 13.8 Å². The summed E-state index contributed by atoms with van der Waals surface area (Å²) in [4.78, 5) is -0.0538. The van der Waals surface area contributed by atoms with Crippen LogP contribution in [-0.2, 0) is 14.8 Å². The first kappa shape index (κ1) is 14.3. The maximum absolute atomic E-state index is 12.5. The summed E-state index contributed by atoms with van der Waals surface area (Å²) in [6, 6.07) is 0. The molecule has 0 aromatic carbocycles. The zero-order valence-electron chi connectivity index (χ0n) is 10.8. The molecule has 108 valence electrons. The van der Waals surface area contributed by atoms with Gasteiger partial charge in [-0.15, -0.1) is 0 Å². The molecule has 4 N–H and O–H groups in total. The molecular weight excluding hydrogens is 272 g/mol. The number of nitrogen functional groups attached to an aromatic ring is 1. The fourth-order valence-corrected chi connectivity index (χ4v) is 3.78. The summed E-state index contributed by atoms with van der Waals surface area (Å²) in [5, 5.41) is 15.2. The van der Waals surface area contributed by atoms with Gasteiger partial charge in [0.2, 0.25) is 10.0 Å². The summed E-state index contributed by atoms with van der Waals surface area (Å²) in [6.07, 6.45) is 0.632. The molecule has 0 spiro atoms. The number of aromatic nitrogens is 2. The van der Waals surface area contributed by atoms with Crippen molar-refractivity contribution in [3.8, 4) is 0 Å². The average Bonchev–Trinajstić information content (AvgIpc) is 2.74.